The van der Waals surface area contributed by atoms with Crippen LogP contribution in [0.2, 0.25) is 0 Å². The maximum absolute atomic E-state index is 11.9. The second-order valence-electron chi connectivity index (χ2n) is 9.46. The first-order valence-electron chi connectivity index (χ1n) is 12.1. The molecule has 0 amide bonds. The van der Waals surface area contributed by atoms with Gasteiger partial charge in [-0.25, -0.2) is 18.1 Å². The van der Waals surface area contributed by atoms with Gasteiger partial charge >= 0.3 is 0 Å². The third kappa shape index (κ3) is 4.47. The van der Waals surface area contributed by atoms with Gasteiger partial charge in [-0.15, -0.1) is 0 Å². The van der Waals surface area contributed by atoms with Crippen LogP contribution in [0.4, 0.5) is 5.69 Å². The Kier molecular flexibility index (Phi) is 6.07. The molecule has 9 nitrogen and oxygen atoms in total. The largest absolute Gasteiger partial charge is 0.389 e. The van der Waals surface area contributed by atoms with Crippen molar-refractivity contribution in [3.63, 3.8) is 0 Å². The molecule has 2 aromatic heterocycles. The lowest BCUT2D eigenvalue weighted by Crippen LogP contribution is -2.37. The Morgan fingerprint density at radius 3 is 2.64 bits per heavy atom. The summed E-state index contributed by atoms with van der Waals surface area (Å²) in [7, 11) is -2.93. The van der Waals surface area contributed by atoms with Gasteiger partial charge < -0.3 is 14.9 Å². The summed E-state index contributed by atoms with van der Waals surface area (Å²) in [5.74, 6) is 0.438. The second-order valence-corrected chi connectivity index (χ2v) is 11.8. The van der Waals surface area contributed by atoms with Crippen molar-refractivity contribution >= 4 is 32.3 Å². The highest BCUT2D eigenvalue weighted by molar-refractivity contribution is 7.91. The summed E-state index contributed by atoms with van der Waals surface area (Å²) >= 11 is 0. The third-order valence-electron chi connectivity index (χ3n) is 7.27. The smallest absolute Gasteiger partial charge is 0.159 e. The van der Waals surface area contributed by atoms with Crippen molar-refractivity contribution in [1.82, 2.24) is 14.8 Å². The minimum Gasteiger partial charge on any atom is -0.389 e. The van der Waals surface area contributed by atoms with Crippen LogP contribution in [0.3, 0.4) is 0 Å². The van der Waals surface area contributed by atoms with Gasteiger partial charge in [0.25, 0.3) is 0 Å². The van der Waals surface area contributed by atoms with Crippen LogP contribution >= 0.6 is 0 Å². The molecule has 4 heterocycles. The number of nitrogens with one attached hydrogen (secondary N) is 1. The molecule has 33 heavy (non-hydrogen) atoms. The summed E-state index contributed by atoms with van der Waals surface area (Å²) in [6.45, 7) is 5.55. The monoisotopic (exact) mass is 475 g/mol. The van der Waals surface area contributed by atoms with Crippen molar-refractivity contribution in [2.45, 2.75) is 83.1 Å². The van der Waals surface area contributed by atoms with Crippen molar-refractivity contribution in [2.75, 3.05) is 23.4 Å². The van der Waals surface area contributed by atoms with Crippen molar-refractivity contribution in [3.8, 4) is 0 Å². The van der Waals surface area contributed by atoms with Crippen molar-refractivity contribution in [3.05, 3.63) is 18.0 Å². The van der Waals surface area contributed by atoms with Crippen LogP contribution in [-0.2, 0) is 26.0 Å². The van der Waals surface area contributed by atoms with Crippen molar-refractivity contribution in [1.29, 1.82) is 0 Å². The van der Waals surface area contributed by atoms with Crippen LogP contribution in [0.1, 0.15) is 64.4 Å². The average Bonchev–Trinajstić information content (AvgIpc) is 3.42. The zero-order valence-electron chi connectivity index (χ0n) is 19.4. The van der Waals surface area contributed by atoms with E-state index in [1.165, 1.54) is 0 Å². The highest BCUT2D eigenvalue weighted by Crippen LogP contribution is 2.42. The number of aromatic nitrogens is 3. The number of aryl methyl sites for hydroxylation is 1. The Balaban J connectivity index is 1.42. The normalized spacial score (nSPS) is 24.7. The minimum absolute atomic E-state index is 0.0846. The molecule has 2 aromatic rings. The van der Waals surface area contributed by atoms with Gasteiger partial charge in [0.1, 0.15) is 15.4 Å². The SMILES string of the molecule is CCOC1CCC2(CC1)CC(c1cnc3c(cnn3CC)c1NC1CCS(=O)(=O)CC1)=NO2. The lowest BCUT2D eigenvalue weighted by atomic mass is 9.79. The Morgan fingerprint density at radius 1 is 1.18 bits per heavy atom. The van der Waals surface area contributed by atoms with Gasteiger partial charge in [-0.2, -0.15) is 5.10 Å². The number of anilines is 1. The number of hydrogen-bond acceptors (Lipinski definition) is 8. The number of hydrogen-bond donors (Lipinski definition) is 1. The zero-order chi connectivity index (χ0) is 23.1. The van der Waals surface area contributed by atoms with E-state index in [4.69, 9.17) is 14.6 Å². The number of sulfone groups is 1. The number of oxime groups is 1. The Labute approximate surface area is 194 Å². The molecule has 1 N–H and O–H groups in total. The van der Waals surface area contributed by atoms with Crippen LogP contribution in [0.15, 0.2) is 17.5 Å². The first-order chi connectivity index (χ1) is 15.9. The van der Waals surface area contributed by atoms with Gasteiger partial charge in [-0.1, -0.05) is 5.16 Å². The van der Waals surface area contributed by atoms with Crippen molar-refractivity contribution in [2.24, 2.45) is 5.16 Å². The van der Waals surface area contributed by atoms with Crippen LogP contribution in [0.25, 0.3) is 11.0 Å². The quantitative estimate of drug-likeness (QED) is 0.683. The van der Waals surface area contributed by atoms with E-state index in [1.807, 2.05) is 30.9 Å². The van der Waals surface area contributed by atoms with Gasteiger partial charge in [0.15, 0.2) is 5.65 Å². The summed E-state index contributed by atoms with van der Waals surface area (Å²) < 4.78 is 31.5. The number of fused-ring (bicyclic) bond motifs is 1. The van der Waals surface area contributed by atoms with E-state index in [0.717, 1.165) is 73.3 Å². The fourth-order valence-corrected chi connectivity index (χ4v) is 6.82. The highest BCUT2D eigenvalue weighted by atomic mass is 32.2. The number of rotatable bonds is 6. The van der Waals surface area contributed by atoms with E-state index in [-0.39, 0.29) is 23.1 Å². The summed E-state index contributed by atoms with van der Waals surface area (Å²) in [6.07, 6.45) is 9.78. The highest BCUT2D eigenvalue weighted by Gasteiger charge is 2.43. The molecule has 2 aliphatic heterocycles. The zero-order valence-corrected chi connectivity index (χ0v) is 20.2. The molecule has 0 atom stereocenters. The second kappa shape index (κ2) is 8.87. The van der Waals surface area contributed by atoms with E-state index < -0.39 is 9.84 Å². The van der Waals surface area contributed by atoms with Crippen LogP contribution in [0, 0.1) is 0 Å². The van der Waals surface area contributed by atoms with Gasteiger partial charge in [0, 0.05) is 37.4 Å². The molecule has 1 saturated heterocycles. The van der Waals surface area contributed by atoms with E-state index >= 15 is 0 Å². The maximum Gasteiger partial charge on any atom is 0.159 e. The first kappa shape index (κ1) is 22.6. The summed E-state index contributed by atoms with van der Waals surface area (Å²) in [4.78, 5) is 10.8. The molecule has 180 valence electrons. The lowest BCUT2D eigenvalue weighted by molar-refractivity contribution is -0.0803. The standard InChI is InChI=1S/C23H33N5O4S/c1-3-28-22-19(15-25-28)21(26-16-7-11-33(29,30)12-8-16)18(14-24-22)20-13-23(32-27-20)9-5-17(6-10-23)31-4-2/h14-17H,3-13H2,1-2H3,(H,24,26). The average molecular weight is 476 g/mol. The molecular weight excluding hydrogens is 442 g/mol. The summed E-state index contributed by atoms with van der Waals surface area (Å²) in [5, 5.41) is 13.6. The topological polar surface area (TPSA) is 108 Å². The van der Waals surface area contributed by atoms with Gasteiger partial charge in [0.2, 0.25) is 0 Å². The molecule has 5 rings (SSSR count). The van der Waals surface area contributed by atoms with E-state index in [9.17, 15) is 8.42 Å². The molecule has 0 bridgehead atoms. The predicted molar refractivity (Wildman–Crippen MR) is 127 cm³/mol. The number of nitrogens with zero attached hydrogens (tertiary/aromatic N) is 4. The maximum atomic E-state index is 11.9. The molecule has 0 aromatic carbocycles. The molecular formula is C23H33N5O4S. The third-order valence-corrected chi connectivity index (χ3v) is 8.98. The van der Waals surface area contributed by atoms with E-state index in [2.05, 4.69) is 15.6 Å². The lowest BCUT2D eigenvalue weighted by Gasteiger charge is -2.34. The van der Waals surface area contributed by atoms with Crippen molar-refractivity contribution < 1.29 is 18.0 Å². The molecule has 0 unspecified atom stereocenters. The first-order valence-corrected chi connectivity index (χ1v) is 13.9. The number of pyridine rings is 1. The predicted octanol–water partition coefficient (Wildman–Crippen LogP) is 3.28. The Morgan fingerprint density at radius 2 is 1.94 bits per heavy atom. The molecule has 3 aliphatic rings. The summed E-state index contributed by atoms with van der Waals surface area (Å²) in [6, 6.07) is 0.0846. The molecule has 1 saturated carbocycles. The Bertz CT molecular complexity index is 1140. The van der Waals surface area contributed by atoms with E-state index in [1.54, 1.807) is 0 Å². The molecule has 0 radical (unpaired) electrons. The fourth-order valence-electron chi connectivity index (χ4n) is 5.32. The van der Waals surface area contributed by atoms with Crippen LogP contribution < -0.4 is 5.32 Å². The molecule has 1 aliphatic carbocycles. The van der Waals surface area contributed by atoms with Crippen LogP contribution in [-0.4, -0.2) is 64.8 Å². The van der Waals surface area contributed by atoms with Crippen LogP contribution in [0.5, 0.6) is 0 Å². The minimum atomic E-state index is -2.93. The van der Waals surface area contributed by atoms with Gasteiger partial charge in [0.05, 0.1) is 40.6 Å². The molecule has 1 spiro atoms. The fraction of sp³-hybridized carbons (Fsp3) is 0.696. The van der Waals surface area contributed by atoms with E-state index in [0.29, 0.717) is 18.9 Å². The van der Waals surface area contributed by atoms with Gasteiger partial charge in [-0.3, -0.25) is 0 Å². The Hall–Kier alpha value is -2.20. The molecule has 10 heteroatoms. The number of ether oxygens (including phenoxy) is 1. The van der Waals surface area contributed by atoms with Gasteiger partial charge in [-0.05, 0) is 52.4 Å². The summed E-state index contributed by atoms with van der Waals surface area (Å²) in [5.41, 5.74) is 3.32. The molecule has 2 fully saturated rings.